The van der Waals surface area contributed by atoms with Crippen LogP contribution in [0.25, 0.3) is 10.9 Å². The molecule has 1 atom stereocenters. The average Bonchev–Trinajstić information content (AvgIpc) is 2.67. The molecule has 27 heavy (non-hydrogen) atoms. The molecule has 1 heterocycles. The van der Waals surface area contributed by atoms with Crippen molar-refractivity contribution in [1.82, 2.24) is 9.66 Å². The van der Waals surface area contributed by atoms with Crippen LogP contribution >= 0.6 is 15.9 Å². The summed E-state index contributed by atoms with van der Waals surface area (Å²) in [6.07, 6.45) is 2.55. The third kappa shape index (κ3) is 3.95. The van der Waals surface area contributed by atoms with Crippen LogP contribution < -0.4 is 10.3 Å². The molecule has 0 bridgehead atoms. The van der Waals surface area contributed by atoms with Crippen molar-refractivity contribution in [2.45, 2.75) is 33.1 Å². The Morgan fingerprint density at radius 2 is 2.07 bits per heavy atom. The first kappa shape index (κ1) is 19.3. The van der Waals surface area contributed by atoms with Gasteiger partial charge in [-0.25, -0.2) is 4.98 Å². The zero-order chi connectivity index (χ0) is 19.6. The van der Waals surface area contributed by atoms with Gasteiger partial charge in [0.1, 0.15) is 11.6 Å². The van der Waals surface area contributed by atoms with Gasteiger partial charge < -0.3 is 4.74 Å². The molecule has 3 aromatic rings. The zero-order valence-corrected chi connectivity index (χ0v) is 17.4. The summed E-state index contributed by atoms with van der Waals surface area (Å²) in [4.78, 5) is 17.8. The quantitative estimate of drug-likeness (QED) is 0.545. The first-order valence-corrected chi connectivity index (χ1v) is 9.65. The SMILES string of the molecule is CC[C@H](C)c1nc2ccc(Br)cc2c(=O)n1N=Cc1ccc(OC)c(C)c1. The second kappa shape index (κ2) is 8.05. The minimum absolute atomic E-state index is 0.112. The van der Waals surface area contributed by atoms with Gasteiger partial charge in [0.2, 0.25) is 0 Å². The van der Waals surface area contributed by atoms with Gasteiger partial charge in [-0.1, -0.05) is 29.8 Å². The molecule has 0 radical (unpaired) electrons. The van der Waals surface area contributed by atoms with E-state index >= 15 is 0 Å². The van der Waals surface area contributed by atoms with Crippen LogP contribution in [0.2, 0.25) is 0 Å². The maximum absolute atomic E-state index is 13.1. The van der Waals surface area contributed by atoms with Crippen molar-refractivity contribution in [3.05, 3.63) is 68.2 Å². The molecular formula is C21H22BrN3O2. The molecule has 0 aliphatic rings. The maximum atomic E-state index is 13.1. The van der Waals surface area contributed by atoms with Crippen molar-refractivity contribution in [3.8, 4) is 5.75 Å². The first-order chi connectivity index (χ1) is 12.9. The number of methoxy groups -OCH3 is 1. The molecule has 0 saturated carbocycles. The maximum Gasteiger partial charge on any atom is 0.282 e. The Kier molecular flexibility index (Phi) is 5.75. The van der Waals surface area contributed by atoms with E-state index in [4.69, 9.17) is 9.72 Å². The van der Waals surface area contributed by atoms with E-state index in [1.54, 1.807) is 19.4 Å². The molecule has 6 heteroatoms. The second-order valence-electron chi connectivity index (χ2n) is 6.53. The fourth-order valence-corrected chi connectivity index (χ4v) is 3.25. The molecule has 140 valence electrons. The molecular weight excluding hydrogens is 406 g/mol. The Bertz CT molecular complexity index is 1070. The van der Waals surface area contributed by atoms with E-state index < -0.39 is 0 Å². The predicted octanol–water partition coefficient (Wildman–Crippen LogP) is 4.87. The Morgan fingerprint density at radius 1 is 1.30 bits per heavy atom. The number of aryl methyl sites for hydroxylation is 1. The fourth-order valence-electron chi connectivity index (χ4n) is 2.89. The van der Waals surface area contributed by atoms with E-state index in [2.05, 4.69) is 34.9 Å². The van der Waals surface area contributed by atoms with Crippen molar-refractivity contribution in [3.63, 3.8) is 0 Å². The number of aromatic nitrogens is 2. The van der Waals surface area contributed by atoms with E-state index in [-0.39, 0.29) is 11.5 Å². The summed E-state index contributed by atoms with van der Waals surface area (Å²) >= 11 is 3.42. The van der Waals surface area contributed by atoms with Crippen molar-refractivity contribution in [2.24, 2.45) is 5.10 Å². The number of nitrogens with zero attached hydrogens (tertiary/aromatic N) is 3. The summed E-state index contributed by atoms with van der Waals surface area (Å²) in [6, 6.07) is 11.3. The molecule has 0 saturated heterocycles. The van der Waals surface area contributed by atoms with Gasteiger partial charge in [0.05, 0.1) is 24.2 Å². The zero-order valence-electron chi connectivity index (χ0n) is 15.9. The molecule has 0 aliphatic heterocycles. The van der Waals surface area contributed by atoms with E-state index in [1.807, 2.05) is 37.3 Å². The average molecular weight is 428 g/mol. The molecule has 0 unspecified atom stereocenters. The largest absolute Gasteiger partial charge is 0.496 e. The lowest BCUT2D eigenvalue weighted by Crippen LogP contribution is -2.23. The van der Waals surface area contributed by atoms with Crippen LogP contribution in [-0.4, -0.2) is 23.0 Å². The Hall–Kier alpha value is -2.47. The van der Waals surface area contributed by atoms with Gasteiger partial charge in [0.25, 0.3) is 5.56 Å². The van der Waals surface area contributed by atoms with Crippen LogP contribution in [0.15, 0.2) is 50.8 Å². The molecule has 0 amide bonds. The summed E-state index contributed by atoms with van der Waals surface area (Å²) in [5.41, 5.74) is 2.42. The van der Waals surface area contributed by atoms with Crippen LogP contribution in [0.4, 0.5) is 0 Å². The van der Waals surface area contributed by atoms with E-state index in [1.165, 1.54) is 4.68 Å². The normalized spacial score (nSPS) is 12.6. The predicted molar refractivity (Wildman–Crippen MR) is 113 cm³/mol. The third-order valence-corrected chi connectivity index (χ3v) is 5.12. The summed E-state index contributed by atoms with van der Waals surface area (Å²) < 4.78 is 7.55. The fraction of sp³-hybridized carbons (Fsp3) is 0.286. The van der Waals surface area contributed by atoms with Gasteiger partial charge in [0.15, 0.2) is 0 Å². The van der Waals surface area contributed by atoms with Crippen LogP contribution in [0.3, 0.4) is 0 Å². The third-order valence-electron chi connectivity index (χ3n) is 4.63. The summed E-state index contributed by atoms with van der Waals surface area (Å²) in [6.45, 7) is 6.10. The number of hydrogen-bond donors (Lipinski definition) is 0. The standard InChI is InChI=1S/C21H22BrN3O2/c1-5-13(2)20-24-18-8-7-16(22)11-17(18)21(26)25(20)23-12-15-6-9-19(27-4)14(3)10-15/h6-13H,5H2,1-4H3/t13-/m0/s1. The Labute approximate surface area is 166 Å². The van der Waals surface area contributed by atoms with Gasteiger partial charge >= 0.3 is 0 Å². The molecule has 0 spiro atoms. The highest BCUT2D eigenvalue weighted by Gasteiger charge is 2.15. The molecule has 0 aliphatic carbocycles. The Balaban J connectivity index is 2.15. The molecule has 5 nitrogen and oxygen atoms in total. The van der Waals surface area contributed by atoms with Crippen molar-refractivity contribution in [2.75, 3.05) is 7.11 Å². The topological polar surface area (TPSA) is 56.5 Å². The van der Waals surface area contributed by atoms with Crippen LogP contribution in [0, 0.1) is 6.92 Å². The van der Waals surface area contributed by atoms with E-state index in [0.29, 0.717) is 16.7 Å². The van der Waals surface area contributed by atoms with Crippen molar-refractivity contribution >= 4 is 33.0 Å². The highest BCUT2D eigenvalue weighted by atomic mass is 79.9. The monoisotopic (exact) mass is 427 g/mol. The number of hydrogen-bond acceptors (Lipinski definition) is 4. The molecule has 0 fully saturated rings. The lowest BCUT2D eigenvalue weighted by Gasteiger charge is -2.14. The minimum atomic E-state index is -0.168. The highest BCUT2D eigenvalue weighted by molar-refractivity contribution is 9.10. The van der Waals surface area contributed by atoms with E-state index in [9.17, 15) is 4.79 Å². The van der Waals surface area contributed by atoms with Gasteiger partial charge in [-0.3, -0.25) is 4.79 Å². The molecule has 2 aromatic carbocycles. The van der Waals surface area contributed by atoms with Crippen LogP contribution in [0.1, 0.15) is 43.1 Å². The van der Waals surface area contributed by atoms with Crippen molar-refractivity contribution in [1.29, 1.82) is 0 Å². The number of benzene rings is 2. The smallest absolute Gasteiger partial charge is 0.282 e. The van der Waals surface area contributed by atoms with Crippen LogP contribution in [-0.2, 0) is 0 Å². The van der Waals surface area contributed by atoms with Crippen molar-refractivity contribution < 1.29 is 4.74 Å². The van der Waals surface area contributed by atoms with E-state index in [0.717, 1.165) is 27.8 Å². The number of ether oxygens (including phenoxy) is 1. The minimum Gasteiger partial charge on any atom is -0.496 e. The van der Waals surface area contributed by atoms with Gasteiger partial charge in [-0.2, -0.15) is 9.78 Å². The number of fused-ring (bicyclic) bond motifs is 1. The molecule has 3 rings (SSSR count). The highest BCUT2D eigenvalue weighted by Crippen LogP contribution is 2.21. The van der Waals surface area contributed by atoms with Gasteiger partial charge in [-0.05, 0) is 60.9 Å². The lowest BCUT2D eigenvalue weighted by molar-refractivity contribution is 0.411. The summed E-state index contributed by atoms with van der Waals surface area (Å²) in [7, 11) is 1.65. The molecule has 0 N–H and O–H groups in total. The summed E-state index contributed by atoms with van der Waals surface area (Å²) in [5, 5.41) is 5.02. The van der Waals surface area contributed by atoms with Crippen LogP contribution in [0.5, 0.6) is 5.75 Å². The van der Waals surface area contributed by atoms with Gasteiger partial charge in [-0.15, -0.1) is 0 Å². The molecule has 1 aromatic heterocycles. The lowest BCUT2D eigenvalue weighted by atomic mass is 10.1. The number of rotatable bonds is 5. The van der Waals surface area contributed by atoms with Gasteiger partial charge in [0, 0.05) is 10.4 Å². The number of halogens is 1. The second-order valence-corrected chi connectivity index (χ2v) is 7.45. The summed E-state index contributed by atoms with van der Waals surface area (Å²) in [5.74, 6) is 1.60. The first-order valence-electron chi connectivity index (χ1n) is 8.85. The Morgan fingerprint density at radius 3 is 2.74 bits per heavy atom.